The van der Waals surface area contributed by atoms with E-state index in [9.17, 15) is 14.4 Å². The number of thioether (sulfide) groups is 1. The summed E-state index contributed by atoms with van der Waals surface area (Å²) in [6.45, 7) is 5.89. The van der Waals surface area contributed by atoms with Crippen molar-refractivity contribution in [1.82, 2.24) is 15.1 Å². The smallest absolute Gasteiger partial charge is 0.289 e. The molecule has 0 aromatic heterocycles. The average Bonchev–Trinajstić information content (AvgIpc) is 2.98. The zero-order chi connectivity index (χ0) is 18.5. The minimum Gasteiger partial charge on any atom is -0.339 e. The maximum atomic E-state index is 12.8. The second kappa shape index (κ2) is 10.1. The molecular formula is C19H26ClN3O3S. The number of halogens is 1. The molecule has 3 amide bonds. The number of hydrogen-bond donors (Lipinski definition) is 1. The van der Waals surface area contributed by atoms with Crippen LogP contribution in [0.2, 0.25) is 0 Å². The van der Waals surface area contributed by atoms with Gasteiger partial charge in [-0.15, -0.1) is 12.4 Å². The van der Waals surface area contributed by atoms with Gasteiger partial charge in [0.2, 0.25) is 5.91 Å². The first-order valence-electron chi connectivity index (χ1n) is 9.14. The van der Waals surface area contributed by atoms with Crippen molar-refractivity contribution in [3.8, 4) is 0 Å². The first-order chi connectivity index (χ1) is 12.6. The minimum absolute atomic E-state index is 0. The third-order valence-electron chi connectivity index (χ3n) is 4.94. The molecule has 0 atom stereocenters. The van der Waals surface area contributed by atoms with Crippen LogP contribution in [0.1, 0.15) is 35.7 Å². The van der Waals surface area contributed by atoms with Gasteiger partial charge in [-0.3, -0.25) is 19.3 Å². The minimum atomic E-state index is -0.213. The van der Waals surface area contributed by atoms with E-state index in [2.05, 4.69) is 12.2 Å². The predicted octanol–water partition coefficient (Wildman–Crippen LogP) is 2.77. The summed E-state index contributed by atoms with van der Waals surface area (Å²) in [7, 11) is 0. The zero-order valence-electron chi connectivity index (χ0n) is 15.5. The van der Waals surface area contributed by atoms with Gasteiger partial charge in [0, 0.05) is 18.7 Å². The van der Waals surface area contributed by atoms with Crippen molar-refractivity contribution in [2.24, 2.45) is 5.92 Å². The Morgan fingerprint density at radius 3 is 2.63 bits per heavy atom. The SMILES string of the molecule is CCNCC1CCN(C(=O)c2cccc(CN3C(=O)CSC3=O)c2)CC1.Cl. The van der Waals surface area contributed by atoms with E-state index in [-0.39, 0.29) is 41.8 Å². The van der Waals surface area contributed by atoms with E-state index in [0.717, 1.165) is 56.3 Å². The molecule has 3 rings (SSSR count). The molecule has 2 saturated heterocycles. The molecule has 2 heterocycles. The Labute approximate surface area is 170 Å². The average molecular weight is 412 g/mol. The van der Waals surface area contributed by atoms with E-state index < -0.39 is 0 Å². The van der Waals surface area contributed by atoms with Crippen molar-refractivity contribution in [1.29, 1.82) is 0 Å². The molecule has 1 aromatic rings. The standard InChI is InChI=1S/C19H25N3O3S.ClH/c1-2-20-11-14-6-8-21(9-7-14)18(24)16-5-3-4-15(10-16)12-22-17(23)13-26-19(22)25;/h3-5,10,14,20H,2,6-9,11-13H2,1H3;1H. The summed E-state index contributed by atoms with van der Waals surface area (Å²) >= 11 is 1.03. The van der Waals surface area contributed by atoms with Gasteiger partial charge in [0.05, 0.1) is 12.3 Å². The summed E-state index contributed by atoms with van der Waals surface area (Å²) in [5.41, 5.74) is 1.43. The van der Waals surface area contributed by atoms with E-state index in [1.165, 1.54) is 4.90 Å². The van der Waals surface area contributed by atoms with Gasteiger partial charge in [-0.2, -0.15) is 0 Å². The van der Waals surface area contributed by atoms with Gasteiger partial charge in [-0.1, -0.05) is 30.8 Å². The topological polar surface area (TPSA) is 69.7 Å². The number of carbonyl (C=O) groups excluding carboxylic acids is 3. The first kappa shape index (κ1) is 21.7. The number of hydrogen-bond acceptors (Lipinski definition) is 5. The highest BCUT2D eigenvalue weighted by atomic mass is 35.5. The van der Waals surface area contributed by atoms with E-state index >= 15 is 0 Å². The molecule has 6 nitrogen and oxygen atoms in total. The van der Waals surface area contributed by atoms with Gasteiger partial charge in [0.15, 0.2) is 0 Å². The third-order valence-corrected chi connectivity index (χ3v) is 5.80. The highest BCUT2D eigenvalue weighted by Gasteiger charge is 2.30. The number of piperidine rings is 1. The van der Waals surface area contributed by atoms with Gasteiger partial charge in [0.25, 0.3) is 11.1 Å². The molecule has 0 saturated carbocycles. The normalized spacial score (nSPS) is 18.0. The number of rotatable bonds is 6. The quantitative estimate of drug-likeness (QED) is 0.779. The Bertz CT molecular complexity index is 677. The lowest BCUT2D eigenvalue weighted by Crippen LogP contribution is -2.40. The van der Waals surface area contributed by atoms with Crippen LogP contribution in [0.25, 0.3) is 0 Å². The number of imide groups is 1. The number of carbonyl (C=O) groups is 3. The molecule has 0 bridgehead atoms. The molecule has 0 unspecified atom stereocenters. The number of amides is 3. The predicted molar refractivity (Wildman–Crippen MR) is 109 cm³/mol. The lowest BCUT2D eigenvalue weighted by atomic mass is 9.96. The van der Waals surface area contributed by atoms with Crippen molar-refractivity contribution < 1.29 is 14.4 Å². The first-order valence-corrected chi connectivity index (χ1v) is 10.1. The molecule has 0 radical (unpaired) electrons. The van der Waals surface area contributed by atoms with Crippen LogP contribution >= 0.6 is 24.2 Å². The van der Waals surface area contributed by atoms with Crippen molar-refractivity contribution in [3.05, 3.63) is 35.4 Å². The molecule has 2 aliphatic rings. The summed E-state index contributed by atoms with van der Waals surface area (Å²) < 4.78 is 0. The Balaban J connectivity index is 0.00000261. The third kappa shape index (κ3) is 5.46. The summed E-state index contributed by atoms with van der Waals surface area (Å²) in [5.74, 6) is 0.705. The van der Waals surface area contributed by atoms with Crippen LogP contribution in [0, 0.1) is 5.92 Å². The fourth-order valence-electron chi connectivity index (χ4n) is 3.39. The molecular weight excluding hydrogens is 386 g/mol. The van der Waals surface area contributed by atoms with Crippen molar-refractivity contribution in [3.63, 3.8) is 0 Å². The van der Waals surface area contributed by atoms with Gasteiger partial charge in [-0.05, 0) is 49.5 Å². The number of likely N-dealkylation sites (tertiary alicyclic amines) is 1. The second-order valence-corrected chi connectivity index (χ2v) is 7.70. The Morgan fingerprint density at radius 2 is 2.00 bits per heavy atom. The molecule has 2 fully saturated rings. The lowest BCUT2D eigenvalue weighted by molar-refractivity contribution is -0.125. The van der Waals surface area contributed by atoms with Crippen LogP contribution in [-0.4, -0.2) is 58.8 Å². The Hall–Kier alpha value is -1.57. The van der Waals surface area contributed by atoms with E-state index in [0.29, 0.717) is 11.5 Å². The van der Waals surface area contributed by atoms with Crippen LogP contribution < -0.4 is 5.32 Å². The van der Waals surface area contributed by atoms with Crippen molar-refractivity contribution in [2.45, 2.75) is 26.3 Å². The molecule has 0 aliphatic carbocycles. The second-order valence-electron chi connectivity index (χ2n) is 6.78. The van der Waals surface area contributed by atoms with Crippen molar-refractivity contribution >= 4 is 41.2 Å². The summed E-state index contributed by atoms with van der Waals surface area (Å²) in [5, 5.41) is 3.16. The van der Waals surface area contributed by atoms with Crippen LogP contribution in [0.4, 0.5) is 4.79 Å². The zero-order valence-corrected chi connectivity index (χ0v) is 17.1. The molecule has 0 spiro atoms. The van der Waals surface area contributed by atoms with Gasteiger partial charge >= 0.3 is 0 Å². The molecule has 2 aliphatic heterocycles. The number of nitrogens with one attached hydrogen (secondary N) is 1. The van der Waals surface area contributed by atoms with E-state index in [4.69, 9.17) is 0 Å². The summed E-state index contributed by atoms with van der Waals surface area (Å²) in [6, 6.07) is 7.27. The van der Waals surface area contributed by atoms with Gasteiger partial charge in [-0.25, -0.2) is 0 Å². The van der Waals surface area contributed by atoms with Crippen molar-refractivity contribution in [2.75, 3.05) is 31.9 Å². The highest BCUT2D eigenvalue weighted by Crippen LogP contribution is 2.23. The van der Waals surface area contributed by atoms with Crippen LogP contribution in [0.3, 0.4) is 0 Å². The fourth-order valence-corrected chi connectivity index (χ4v) is 4.12. The fraction of sp³-hybridized carbons (Fsp3) is 0.526. The molecule has 1 N–H and O–H groups in total. The summed E-state index contributed by atoms with van der Waals surface area (Å²) in [6.07, 6.45) is 2.04. The van der Waals surface area contributed by atoms with Crippen LogP contribution in [0.15, 0.2) is 24.3 Å². The monoisotopic (exact) mass is 411 g/mol. The maximum Gasteiger partial charge on any atom is 0.289 e. The Morgan fingerprint density at radius 1 is 1.26 bits per heavy atom. The van der Waals surface area contributed by atoms with Gasteiger partial charge in [0.1, 0.15) is 0 Å². The Kier molecular flexibility index (Phi) is 8.13. The van der Waals surface area contributed by atoms with Crippen LogP contribution in [0.5, 0.6) is 0 Å². The number of benzene rings is 1. The number of nitrogens with zero attached hydrogens (tertiary/aromatic N) is 2. The highest BCUT2D eigenvalue weighted by molar-refractivity contribution is 8.14. The largest absolute Gasteiger partial charge is 0.339 e. The van der Waals surface area contributed by atoms with E-state index in [1.54, 1.807) is 12.1 Å². The van der Waals surface area contributed by atoms with Gasteiger partial charge < -0.3 is 10.2 Å². The maximum absolute atomic E-state index is 12.8. The van der Waals surface area contributed by atoms with E-state index in [1.807, 2.05) is 17.0 Å². The molecule has 148 valence electrons. The lowest BCUT2D eigenvalue weighted by Gasteiger charge is -2.32. The molecule has 1 aromatic carbocycles. The van der Waals surface area contributed by atoms with Crippen LogP contribution in [-0.2, 0) is 11.3 Å². The molecule has 8 heteroatoms. The molecule has 27 heavy (non-hydrogen) atoms. The summed E-state index contributed by atoms with van der Waals surface area (Å²) in [4.78, 5) is 39.5.